The lowest BCUT2D eigenvalue weighted by molar-refractivity contribution is -0.0372. The van der Waals surface area contributed by atoms with E-state index in [2.05, 4.69) is 0 Å². The summed E-state index contributed by atoms with van der Waals surface area (Å²) in [7, 11) is 0. The highest BCUT2D eigenvalue weighted by atomic mass is 16.5. The van der Waals surface area contributed by atoms with Gasteiger partial charge in [-0.25, -0.2) is 0 Å². The Morgan fingerprint density at radius 1 is 1.33 bits per heavy atom. The van der Waals surface area contributed by atoms with Crippen molar-refractivity contribution in [2.75, 3.05) is 26.4 Å². The van der Waals surface area contributed by atoms with Gasteiger partial charge in [-0.1, -0.05) is 6.92 Å². The Hall–Kier alpha value is -0.160. The Labute approximate surface area is 91.9 Å². The fraction of sp³-hybridized carbons (Fsp3) is 1.00. The number of aliphatic hydroxyl groups is 3. The van der Waals surface area contributed by atoms with Gasteiger partial charge < -0.3 is 20.1 Å². The first-order chi connectivity index (χ1) is 7.00. The molecule has 0 spiro atoms. The largest absolute Gasteiger partial charge is 0.396 e. The van der Waals surface area contributed by atoms with E-state index in [1.807, 2.05) is 13.8 Å². The number of rotatable bonds is 8. The molecule has 0 saturated heterocycles. The molecule has 0 amide bonds. The summed E-state index contributed by atoms with van der Waals surface area (Å²) in [6.45, 7) is 6.34. The fourth-order valence-electron chi connectivity index (χ4n) is 1.77. The van der Waals surface area contributed by atoms with Crippen molar-refractivity contribution < 1.29 is 20.1 Å². The van der Waals surface area contributed by atoms with Crippen molar-refractivity contribution in [1.29, 1.82) is 0 Å². The van der Waals surface area contributed by atoms with Crippen molar-refractivity contribution in [2.45, 2.75) is 33.3 Å². The van der Waals surface area contributed by atoms with Gasteiger partial charge in [-0.2, -0.15) is 0 Å². The van der Waals surface area contributed by atoms with Crippen LogP contribution in [0.3, 0.4) is 0 Å². The number of hydrogen-bond acceptors (Lipinski definition) is 4. The first-order valence-corrected chi connectivity index (χ1v) is 5.47. The molecular weight excluding hydrogens is 196 g/mol. The summed E-state index contributed by atoms with van der Waals surface area (Å²) in [6.07, 6.45) is -0.0280. The second-order valence-electron chi connectivity index (χ2n) is 4.40. The standard InChI is InChI=1S/C11H24O4/c1-4-15-7-10(6-12)11(3,8-13)5-9(2)14/h9-10,12-14H,4-8H2,1-3H3. The molecule has 3 atom stereocenters. The molecule has 0 heterocycles. The van der Waals surface area contributed by atoms with E-state index < -0.39 is 11.5 Å². The highest BCUT2D eigenvalue weighted by Crippen LogP contribution is 2.32. The zero-order valence-electron chi connectivity index (χ0n) is 9.94. The second kappa shape index (κ2) is 7.17. The van der Waals surface area contributed by atoms with Gasteiger partial charge in [-0.3, -0.25) is 0 Å². The lowest BCUT2D eigenvalue weighted by Crippen LogP contribution is -2.39. The van der Waals surface area contributed by atoms with Crippen LogP contribution in [0.25, 0.3) is 0 Å². The van der Waals surface area contributed by atoms with Crippen LogP contribution >= 0.6 is 0 Å². The highest BCUT2D eigenvalue weighted by molar-refractivity contribution is 4.83. The quantitative estimate of drug-likeness (QED) is 0.554. The van der Waals surface area contributed by atoms with Crippen LogP contribution in [0.15, 0.2) is 0 Å². The molecule has 0 saturated carbocycles. The summed E-state index contributed by atoms with van der Waals surface area (Å²) in [5.74, 6) is -0.142. The zero-order valence-corrected chi connectivity index (χ0v) is 9.94. The van der Waals surface area contributed by atoms with E-state index >= 15 is 0 Å². The van der Waals surface area contributed by atoms with Crippen LogP contribution in [-0.4, -0.2) is 47.9 Å². The van der Waals surface area contributed by atoms with Crippen LogP contribution in [0, 0.1) is 11.3 Å². The Bertz CT molecular complexity index is 161. The lowest BCUT2D eigenvalue weighted by atomic mass is 9.74. The highest BCUT2D eigenvalue weighted by Gasteiger charge is 2.34. The van der Waals surface area contributed by atoms with Gasteiger partial charge in [0.1, 0.15) is 0 Å². The molecule has 0 bridgehead atoms. The topological polar surface area (TPSA) is 69.9 Å². The molecule has 0 aliphatic heterocycles. The number of aliphatic hydroxyl groups excluding tert-OH is 3. The van der Waals surface area contributed by atoms with Crippen molar-refractivity contribution >= 4 is 0 Å². The van der Waals surface area contributed by atoms with E-state index in [-0.39, 0.29) is 19.1 Å². The molecule has 0 aromatic carbocycles. The van der Waals surface area contributed by atoms with E-state index in [1.54, 1.807) is 6.92 Å². The average molecular weight is 220 g/mol. The molecule has 4 heteroatoms. The molecule has 0 radical (unpaired) electrons. The molecule has 92 valence electrons. The Kier molecular flexibility index (Phi) is 7.09. The zero-order chi connectivity index (χ0) is 11.9. The Morgan fingerprint density at radius 3 is 2.27 bits per heavy atom. The number of hydrogen-bond donors (Lipinski definition) is 3. The SMILES string of the molecule is CCOCC(CO)C(C)(CO)CC(C)O. The van der Waals surface area contributed by atoms with Gasteiger partial charge in [-0.15, -0.1) is 0 Å². The van der Waals surface area contributed by atoms with Gasteiger partial charge in [0.25, 0.3) is 0 Å². The van der Waals surface area contributed by atoms with Crippen molar-refractivity contribution in [3.63, 3.8) is 0 Å². The van der Waals surface area contributed by atoms with Gasteiger partial charge in [0.05, 0.1) is 12.7 Å². The normalized spacial score (nSPS) is 19.6. The molecule has 0 aromatic heterocycles. The van der Waals surface area contributed by atoms with Gasteiger partial charge in [0.15, 0.2) is 0 Å². The summed E-state index contributed by atoms with van der Waals surface area (Å²) in [4.78, 5) is 0. The smallest absolute Gasteiger partial charge is 0.0522 e. The molecule has 4 nitrogen and oxygen atoms in total. The molecule has 3 unspecified atom stereocenters. The van der Waals surface area contributed by atoms with Gasteiger partial charge in [-0.05, 0) is 20.3 Å². The van der Waals surface area contributed by atoms with Crippen molar-refractivity contribution in [2.24, 2.45) is 11.3 Å². The Balaban J connectivity index is 4.41. The Morgan fingerprint density at radius 2 is 1.93 bits per heavy atom. The molecular formula is C11H24O4. The van der Waals surface area contributed by atoms with Crippen molar-refractivity contribution in [3.05, 3.63) is 0 Å². The van der Waals surface area contributed by atoms with E-state index in [0.29, 0.717) is 19.6 Å². The average Bonchev–Trinajstić information content (AvgIpc) is 2.17. The van der Waals surface area contributed by atoms with Crippen LogP contribution < -0.4 is 0 Å². The van der Waals surface area contributed by atoms with Gasteiger partial charge in [0.2, 0.25) is 0 Å². The third-order valence-electron chi connectivity index (χ3n) is 2.85. The van der Waals surface area contributed by atoms with Gasteiger partial charge >= 0.3 is 0 Å². The summed E-state index contributed by atoms with van der Waals surface area (Å²) < 4.78 is 5.26. The second-order valence-corrected chi connectivity index (χ2v) is 4.40. The maximum atomic E-state index is 9.36. The lowest BCUT2D eigenvalue weighted by Gasteiger charge is -2.36. The maximum Gasteiger partial charge on any atom is 0.0522 e. The monoisotopic (exact) mass is 220 g/mol. The fourth-order valence-corrected chi connectivity index (χ4v) is 1.77. The van der Waals surface area contributed by atoms with Crippen LogP contribution in [0.1, 0.15) is 27.2 Å². The predicted octanol–water partition coefficient (Wildman–Crippen LogP) is 0.401. The van der Waals surface area contributed by atoms with E-state index in [1.165, 1.54) is 0 Å². The molecule has 3 N–H and O–H groups in total. The van der Waals surface area contributed by atoms with Crippen molar-refractivity contribution in [3.8, 4) is 0 Å². The molecule has 0 aromatic rings. The minimum Gasteiger partial charge on any atom is -0.396 e. The molecule has 0 aliphatic carbocycles. The maximum absolute atomic E-state index is 9.36. The van der Waals surface area contributed by atoms with Gasteiger partial charge in [0, 0.05) is 31.2 Å². The molecule has 15 heavy (non-hydrogen) atoms. The minimum absolute atomic E-state index is 0.0379. The van der Waals surface area contributed by atoms with Crippen molar-refractivity contribution in [1.82, 2.24) is 0 Å². The number of ether oxygens (including phenoxy) is 1. The summed E-state index contributed by atoms with van der Waals surface area (Å²) >= 11 is 0. The summed E-state index contributed by atoms with van der Waals surface area (Å²) in [5.41, 5.74) is -0.488. The molecule has 0 aliphatic rings. The molecule has 0 rings (SSSR count). The summed E-state index contributed by atoms with van der Waals surface area (Å²) in [6, 6.07) is 0. The van der Waals surface area contributed by atoms with Crippen LogP contribution in [0.2, 0.25) is 0 Å². The van der Waals surface area contributed by atoms with E-state index in [9.17, 15) is 15.3 Å². The van der Waals surface area contributed by atoms with Crippen LogP contribution in [-0.2, 0) is 4.74 Å². The summed E-state index contributed by atoms with van der Waals surface area (Å²) in [5, 5.41) is 28.0. The van der Waals surface area contributed by atoms with E-state index in [0.717, 1.165) is 0 Å². The predicted molar refractivity (Wildman–Crippen MR) is 58.6 cm³/mol. The van der Waals surface area contributed by atoms with E-state index in [4.69, 9.17) is 4.74 Å². The third-order valence-corrected chi connectivity index (χ3v) is 2.85. The third kappa shape index (κ3) is 4.93. The first-order valence-electron chi connectivity index (χ1n) is 5.47. The van der Waals surface area contributed by atoms with Crippen LogP contribution in [0.5, 0.6) is 0 Å². The minimum atomic E-state index is -0.488. The van der Waals surface area contributed by atoms with Crippen LogP contribution in [0.4, 0.5) is 0 Å². The molecule has 0 fully saturated rings. The first kappa shape index (κ1) is 14.8.